The van der Waals surface area contributed by atoms with Crippen LogP contribution in [0.25, 0.3) is 10.9 Å². The van der Waals surface area contributed by atoms with Crippen LogP contribution in [-0.2, 0) is 0 Å². The Labute approximate surface area is 87.9 Å². The maximum Gasteiger partial charge on any atom is 0.250 e. The van der Waals surface area contributed by atoms with Gasteiger partial charge in [-0.15, -0.1) is 0 Å². The molecule has 0 aliphatic carbocycles. The third-order valence-electron chi connectivity index (χ3n) is 2.58. The Kier molecular flexibility index (Phi) is 2.15. The van der Waals surface area contributed by atoms with Gasteiger partial charge in [0.1, 0.15) is 0 Å². The van der Waals surface area contributed by atoms with E-state index in [0.717, 1.165) is 10.9 Å². The number of nitrogens with two attached hydrogens (primary N) is 1. The average Bonchev–Trinajstić information content (AvgIpc) is 2.19. The number of rotatable bonds is 1. The third kappa shape index (κ3) is 1.68. The SMILES string of the molecule is Cc1cc2cc(C(N)=O)cnc2cc1C. The molecule has 3 heteroatoms. The van der Waals surface area contributed by atoms with Crippen LogP contribution in [0.4, 0.5) is 0 Å². The lowest BCUT2D eigenvalue weighted by molar-refractivity contribution is 0.1000. The molecule has 0 saturated carbocycles. The molecule has 3 nitrogen and oxygen atoms in total. The molecule has 0 saturated heterocycles. The van der Waals surface area contributed by atoms with Gasteiger partial charge in [0.15, 0.2) is 0 Å². The molecule has 0 spiro atoms. The molecule has 0 fully saturated rings. The number of aromatic nitrogens is 1. The summed E-state index contributed by atoms with van der Waals surface area (Å²) in [6.07, 6.45) is 1.51. The summed E-state index contributed by atoms with van der Waals surface area (Å²) in [5.41, 5.74) is 8.92. The highest BCUT2D eigenvalue weighted by Crippen LogP contribution is 2.18. The molecule has 0 unspecified atom stereocenters. The minimum Gasteiger partial charge on any atom is -0.366 e. The fraction of sp³-hybridized carbons (Fsp3) is 0.167. The Bertz CT molecular complexity index is 547. The molecule has 2 rings (SSSR count). The van der Waals surface area contributed by atoms with Crippen LogP contribution in [0.1, 0.15) is 21.5 Å². The number of hydrogen-bond acceptors (Lipinski definition) is 2. The van der Waals surface area contributed by atoms with Crippen LogP contribution < -0.4 is 5.73 Å². The molecule has 15 heavy (non-hydrogen) atoms. The van der Waals surface area contributed by atoms with Crippen molar-refractivity contribution in [1.29, 1.82) is 0 Å². The molecule has 0 aliphatic rings. The molecule has 0 atom stereocenters. The normalized spacial score (nSPS) is 10.5. The van der Waals surface area contributed by atoms with E-state index in [9.17, 15) is 4.79 Å². The van der Waals surface area contributed by atoms with Crippen LogP contribution in [0, 0.1) is 13.8 Å². The number of aryl methyl sites for hydroxylation is 2. The molecule has 0 radical (unpaired) electrons. The molecule has 1 amide bonds. The van der Waals surface area contributed by atoms with Gasteiger partial charge in [0, 0.05) is 11.6 Å². The fourth-order valence-corrected chi connectivity index (χ4v) is 1.53. The summed E-state index contributed by atoms with van der Waals surface area (Å²) in [5.74, 6) is -0.442. The van der Waals surface area contributed by atoms with Crippen LogP contribution in [0.2, 0.25) is 0 Å². The Morgan fingerprint density at radius 3 is 2.53 bits per heavy atom. The first kappa shape index (κ1) is 9.65. The smallest absolute Gasteiger partial charge is 0.250 e. The van der Waals surface area contributed by atoms with E-state index in [2.05, 4.69) is 4.98 Å². The van der Waals surface area contributed by atoms with Crippen molar-refractivity contribution >= 4 is 16.8 Å². The van der Waals surface area contributed by atoms with Gasteiger partial charge in [0.25, 0.3) is 0 Å². The number of hydrogen-bond donors (Lipinski definition) is 1. The molecule has 2 aromatic rings. The van der Waals surface area contributed by atoms with Gasteiger partial charge in [-0.1, -0.05) is 0 Å². The average molecular weight is 200 g/mol. The number of nitrogens with zero attached hydrogens (tertiary/aromatic N) is 1. The van der Waals surface area contributed by atoms with E-state index in [4.69, 9.17) is 5.73 Å². The van der Waals surface area contributed by atoms with E-state index in [1.807, 2.05) is 26.0 Å². The van der Waals surface area contributed by atoms with Gasteiger partial charge in [-0.05, 0) is 43.2 Å². The van der Waals surface area contributed by atoms with Crippen LogP contribution in [0.5, 0.6) is 0 Å². The van der Waals surface area contributed by atoms with Crippen molar-refractivity contribution in [3.8, 4) is 0 Å². The zero-order valence-electron chi connectivity index (χ0n) is 8.74. The fourth-order valence-electron chi connectivity index (χ4n) is 1.53. The number of amides is 1. The molecular formula is C12H12N2O. The van der Waals surface area contributed by atoms with E-state index >= 15 is 0 Å². The summed E-state index contributed by atoms with van der Waals surface area (Å²) >= 11 is 0. The molecule has 0 aliphatic heterocycles. The summed E-state index contributed by atoms with van der Waals surface area (Å²) in [6.45, 7) is 4.07. The van der Waals surface area contributed by atoms with Gasteiger partial charge in [0.2, 0.25) is 5.91 Å². The zero-order chi connectivity index (χ0) is 11.0. The predicted octanol–water partition coefficient (Wildman–Crippen LogP) is 1.95. The minimum atomic E-state index is -0.442. The van der Waals surface area contributed by atoms with Crippen molar-refractivity contribution in [3.05, 3.63) is 41.1 Å². The van der Waals surface area contributed by atoms with Gasteiger partial charge in [0.05, 0.1) is 11.1 Å². The second-order valence-electron chi connectivity index (χ2n) is 3.72. The maximum absolute atomic E-state index is 11.0. The van der Waals surface area contributed by atoms with Crippen molar-refractivity contribution in [2.45, 2.75) is 13.8 Å². The molecule has 1 aromatic carbocycles. The van der Waals surface area contributed by atoms with E-state index in [1.54, 1.807) is 6.07 Å². The van der Waals surface area contributed by atoms with Crippen LogP contribution in [0.3, 0.4) is 0 Å². The standard InChI is InChI=1S/C12H12N2O/c1-7-3-9-5-10(12(13)15)6-14-11(9)4-8(7)2/h3-6H,1-2H3,(H2,13,15). The van der Waals surface area contributed by atoms with E-state index in [1.165, 1.54) is 17.3 Å². The highest BCUT2D eigenvalue weighted by Gasteiger charge is 2.04. The quantitative estimate of drug-likeness (QED) is 0.764. The van der Waals surface area contributed by atoms with Gasteiger partial charge < -0.3 is 5.73 Å². The number of benzene rings is 1. The van der Waals surface area contributed by atoms with Gasteiger partial charge >= 0.3 is 0 Å². The molecule has 0 bridgehead atoms. The van der Waals surface area contributed by atoms with Crippen LogP contribution >= 0.6 is 0 Å². The third-order valence-corrected chi connectivity index (χ3v) is 2.58. The predicted molar refractivity (Wildman–Crippen MR) is 59.7 cm³/mol. The first-order valence-corrected chi connectivity index (χ1v) is 4.75. The van der Waals surface area contributed by atoms with Gasteiger partial charge in [-0.2, -0.15) is 0 Å². The van der Waals surface area contributed by atoms with Crippen LogP contribution in [0.15, 0.2) is 24.4 Å². The lowest BCUT2D eigenvalue weighted by Crippen LogP contribution is -2.11. The van der Waals surface area contributed by atoms with Crippen LogP contribution in [-0.4, -0.2) is 10.9 Å². The van der Waals surface area contributed by atoms with Gasteiger partial charge in [-0.3, -0.25) is 9.78 Å². The maximum atomic E-state index is 11.0. The molecular weight excluding hydrogens is 188 g/mol. The number of fused-ring (bicyclic) bond motifs is 1. The summed E-state index contributed by atoms with van der Waals surface area (Å²) in [4.78, 5) is 15.2. The molecule has 1 aromatic heterocycles. The Balaban J connectivity index is 2.72. The highest BCUT2D eigenvalue weighted by molar-refractivity contribution is 5.96. The number of pyridine rings is 1. The molecule has 2 N–H and O–H groups in total. The second-order valence-corrected chi connectivity index (χ2v) is 3.72. The lowest BCUT2D eigenvalue weighted by Gasteiger charge is -2.04. The van der Waals surface area contributed by atoms with Crippen molar-refractivity contribution < 1.29 is 4.79 Å². The van der Waals surface area contributed by atoms with Crippen molar-refractivity contribution in [2.24, 2.45) is 5.73 Å². The summed E-state index contributed by atoms with van der Waals surface area (Å²) in [6, 6.07) is 5.80. The van der Waals surface area contributed by atoms with E-state index < -0.39 is 5.91 Å². The van der Waals surface area contributed by atoms with E-state index in [0.29, 0.717) is 5.56 Å². The highest BCUT2D eigenvalue weighted by atomic mass is 16.1. The monoisotopic (exact) mass is 200 g/mol. The zero-order valence-corrected chi connectivity index (χ0v) is 8.74. The van der Waals surface area contributed by atoms with Crippen molar-refractivity contribution in [1.82, 2.24) is 4.98 Å². The Morgan fingerprint density at radius 2 is 1.87 bits per heavy atom. The number of primary amides is 1. The summed E-state index contributed by atoms with van der Waals surface area (Å²) in [5, 5.41) is 0.953. The second kappa shape index (κ2) is 3.35. The largest absolute Gasteiger partial charge is 0.366 e. The summed E-state index contributed by atoms with van der Waals surface area (Å²) in [7, 11) is 0. The minimum absolute atomic E-state index is 0.442. The lowest BCUT2D eigenvalue weighted by atomic mass is 10.1. The molecule has 1 heterocycles. The van der Waals surface area contributed by atoms with E-state index in [-0.39, 0.29) is 0 Å². The number of carbonyl (C=O) groups excluding carboxylic acids is 1. The Morgan fingerprint density at radius 1 is 1.20 bits per heavy atom. The molecule has 76 valence electrons. The topological polar surface area (TPSA) is 56.0 Å². The summed E-state index contributed by atoms with van der Waals surface area (Å²) < 4.78 is 0. The Hall–Kier alpha value is -1.90. The number of carbonyl (C=O) groups is 1. The van der Waals surface area contributed by atoms with Crippen molar-refractivity contribution in [2.75, 3.05) is 0 Å². The first-order valence-electron chi connectivity index (χ1n) is 4.75. The van der Waals surface area contributed by atoms with Crippen molar-refractivity contribution in [3.63, 3.8) is 0 Å². The first-order chi connectivity index (χ1) is 7.08. The van der Waals surface area contributed by atoms with Gasteiger partial charge in [-0.25, -0.2) is 0 Å².